The van der Waals surface area contributed by atoms with Crippen LogP contribution in [0.15, 0.2) is 27.8 Å². The molecule has 8 nitrogen and oxygen atoms in total. The molecule has 0 bridgehead atoms. The van der Waals surface area contributed by atoms with Crippen LogP contribution in [0.1, 0.15) is 21.9 Å². The number of rotatable bonds is 3. The SMILES string of the molecule is Cc1cc(C(=O)N2CCOC[C@H](Cc3cc(=O)[nH]cn3)C2)on1. The van der Waals surface area contributed by atoms with Crippen molar-refractivity contribution in [2.75, 3.05) is 26.3 Å². The monoisotopic (exact) mass is 318 g/mol. The van der Waals surface area contributed by atoms with E-state index in [-0.39, 0.29) is 23.1 Å². The van der Waals surface area contributed by atoms with Gasteiger partial charge in [0.05, 0.1) is 25.2 Å². The summed E-state index contributed by atoms with van der Waals surface area (Å²) in [5, 5.41) is 3.75. The van der Waals surface area contributed by atoms with Gasteiger partial charge in [0, 0.05) is 36.8 Å². The molecule has 0 saturated carbocycles. The highest BCUT2D eigenvalue weighted by Crippen LogP contribution is 2.15. The van der Waals surface area contributed by atoms with Crippen LogP contribution in [0.4, 0.5) is 0 Å². The highest BCUT2D eigenvalue weighted by atomic mass is 16.5. The Kier molecular flexibility index (Phi) is 4.52. The van der Waals surface area contributed by atoms with E-state index in [0.717, 1.165) is 0 Å². The number of aromatic amines is 1. The molecule has 2 aromatic rings. The Labute approximate surface area is 132 Å². The number of nitrogens with one attached hydrogen (secondary N) is 1. The van der Waals surface area contributed by atoms with Crippen LogP contribution >= 0.6 is 0 Å². The lowest BCUT2D eigenvalue weighted by molar-refractivity contribution is 0.0695. The maximum Gasteiger partial charge on any atom is 0.292 e. The third kappa shape index (κ3) is 3.84. The predicted molar refractivity (Wildman–Crippen MR) is 80.0 cm³/mol. The first-order valence-corrected chi connectivity index (χ1v) is 7.46. The van der Waals surface area contributed by atoms with Gasteiger partial charge >= 0.3 is 0 Å². The Balaban J connectivity index is 1.70. The van der Waals surface area contributed by atoms with E-state index in [1.165, 1.54) is 12.4 Å². The number of carbonyl (C=O) groups excluding carboxylic acids is 1. The smallest absolute Gasteiger partial charge is 0.292 e. The molecule has 1 saturated heterocycles. The molecule has 1 atom stereocenters. The normalized spacial score (nSPS) is 18.7. The van der Waals surface area contributed by atoms with Gasteiger partial charge in [-0.3, -0.25) is 9.59 Å². The van der Waals surface area contributed by atoms with Crippen LogP contribution in [0.3, 0.4) is 0 Å². The van der Waals surface area contributed by atoms with Crippen LogP contribution in [-0.4, -0.2) is 52.2 Å². The minimum Gasteiger partial charge on any atom is -0.379 e. The molecule has 122 valence electrons. The van der Waals surface area contributed by atoms with Gasteiger partial charge in [-0.2, -0.15) is 0 Å². The second-order valence-corrected chi connectivity index (χ2v) is 5.63. The number of aryl methyl sites for hydroxylation is 1. The standard InChI is InChI=1S/C15H18N4O4/c1-10-4-13(23-18-10)15(21)19-2-3-22-8-11(7-19)5-12-6-14(20)17-9-16-12/h4,6,9,11H,2-3,5,7-8H2,1H3,(H,16,17,20)/t11-/m1/s1. The molecule has 1 aliphatic heterocycles. The first-order valence-electron chi connectivity index (χ1n) is 7.46. The van der Waals surface area contributed by atoms with Gasteiger partial charge in [-0.25, -0.2) is 4.98 Å². The Hall–Kier alpha value is -2.48. The molecule has 2 aromatic heterocycles. The van der Waals surface area contributed by atoms with E-state index in [2.05, 4.69) is 15.1 Å². The zero-order valence-corrected chi connectivity index (χ0v) is 12.8. The van der Waals surface area contributed by atoms with Crippen LogP contribution in [0.2, 0.25) is 0 Å². The predicted octanol–water partition coefficient (Wildman–Crippen LogP) is 0.398. The molecule has 23 heavy (non-hydrogen) atoms. The van der Waals surface area contributed by atoms with Crippen molar-refractivity contribution in [1.82, 2.24) is 20.0 Å². The number of ether oxygens (including phenoxy) is 1. The third-order valence-corrected chi connectivity index (χ3v) is 3.70. The summed E-state index contributed by atoms with van der Waals surface area (Å²) >= 11 is 0. The second kappa shape index (κ2) is 6.74. The summed E-state index contributed by atoms with van der Waals surface area (Å²) in [7, 11) is 0. The number of hydrogen-bond donors (Lipinski definition) is 1. The highest BCUT2D eigenvalue weighted by Gasteiger charge is 2.26. The maximum atomic E-state index is 12.5. The summed E-state index contributed by atoms with van der Waals surface area (Å²) in [6.07, 6.45) is 1.96. The molecule has 0 aliphatic carbocycles. The molecule has 8 heteroatoms. The summed E-state index contributed by atoms with van der Waals surface area (Å²) in [6.45, 7) is 3.78. The van der Waals surface area contributed by atoms with Gasteiger partial charge in [0.1, 0.15) is 0 Å². The van der Waals surface area contributed by atoms with Gasteiger partial charge < -0.3 is 19.1 Å². The fourth-order valence-corrected chi connectivity index (χ4v) is 2.63. The largest absolute Gasteiger partial charge is 0.379 e. The van der Waals surface area contributed by atoms with Gasteiger partial charge in [0.15, 0.2) is 0 Å². The van der Waals surface area contributed by atoms with Gasteiger partial charge in [-0.05, 0) is 13.3 Å². The van der Waals surface area contributed by atoms with Crippen LogP contribution < -0.4 is 5.56 Å². The van der Waals surface area contributed by atoms with Crippen molar-refractivity contribution >= 4 is 5.91 Å². The number of hydrogen-bond acceptors (Lipinski definition) is 6. The lowest BCUT2D eigenvalue weighted by Crippen LogP contribution is -2.36. The van der Waals surface area contributed by atoms with Crippen LogP contribution in [0.5, 0.6) is 0 Å². The summed E-state index contributed by atoms with van der Waals surface area (Å²) < 4.78 is 10.6. The minimum absolute atomic E-state index is 0.0692. The molecule has 0 radical (unpaired) electrons. The van der Waals surface area contributed by atoms with Gasteiger partial charge in [0.2, 0.25) is 5.76 Å². The molecule has 1 N–H and O–H groups in total. The van der Waals surface area contributed by atoms with Crippen molar-refractivity contribution in [2.24, 2.45) is 5.92 Å². The second-order valence-electron chi connectivity index (χ2n) is 5.63. The first kappa shape index (κ1) is 15.4. The van der Waals surface area contributed by atoms with Gasteiger partial charge in [-0.15, -0.1) is 0 Å². The Bertz CT molecular complexity index is 739. The summed E-state index contributed by atoms with van der Waals surface area (Å²) in [6, 6.07) is 3.10. The third-order valence-electron chi connectivity index (χ3n) is 3.70. The van der Waals surface area contributed by atoms with Crippen molar-refractivity contribution < 1.29 is 14.1 Å². The van der Waals surface area contributed by atoms with E-state index in [4.69, 9.17) is 9.26 Å². The van der Waals surface area contributed by atoms with Crippen LogP contribution in [-0.2, 0) is 11.2 Å². The molecule has 0 aromatic carbocycles. The van der Waals surface area contributed by atoms with Crippen molar-refractivity contribution in [1.29, 1.82) is 0 Å². The van der Waals surface area contributed by atoms with E-state index in [1.807, 2.05) is 0 Å². The Morgan fingerprint density at radius 2 is 2.35 bits per heavy atom. The lowest BCUT2D eigenvalue weighted by Gasteiger charge is -2.22. The fraction of sp³-hybridized carbons (Fsp3) is 0.467. The number of aromatic nitrogens is 3. The highest BCUT2D eigenvalue weighted by molar-refractivity contribution is 5.91. The molecule has 0 spiro atoms. The van der Waals surface area contributed by atoms with Crippen molar-refractivity contribution in [2.45, 2.75) is 13.3 Å². The van der Waals surface area contributed by atoms with E-state index in [9.17, 15) is 9.59 Å². The van der Waals surface area contributed by atoms with E-state index < -0.39 is 0 Å². The first-order chi connectivity index (χ1) is 11.1. The topological polar surface area (TPSA) is 101 Å². The fourth-order valence-electron chi connectivity index (χ4n) is 2.63. The molecule has 0 unspecified atom stereocenters. The summed E-state index contributed by atoms with van der Waals surface area (Å²) in [5.41, 5.74) is 1.17. The minimum atomic E-state index is -0.194. The summed E-state index contributed by atoms with van der Waals surface area (Å²) in [4.78, 5) is 32.2. The zero-order chi connectivity index (χ0) is 16.2. The number of amides is 1. The van der Waals surface area contributed by atoms with E-state index in [0.29, 0.717) is 44.1 Å². The number of carbonyl (C=O) groups is 1. The molecule has 1 fully saturated rings. The van der Waals surface area contributed by atoms with Crippen molar-refractivity contribution in [3.05, 3.63) is 46.0 Å². The van der Waals surface area contributed by atoms with Crippen molar-refractivity contribution in [3.63, 3.8) is 0 Å². The van der Waals surface area contributed by atoms with Gasteiger partial charge in [0.25, 0.3) is 11.5 Å². The van der Waals surface area contributed by atoms with E-state index in [1.54, 1.807) is 17.9 Å². The molecular weight excluding hydrogens is 300 g/mol. The quantitative estimate of drug-likeness (QED) is 0.879. The molecular formula is C15H18N4O4. The van der Waals surface area contributed by atoms with Crippen LogP contribution in [0.25, 0.3) is 0 Å². The number of nitrogens with zero attached hydrogens (tertiary/aromatic N) is 3. The van der Waals surface area contributed by atoms with Crippen molar-refractivity contribution in [3.8, 4) is 0 Å². The molecule has 1 aliphatic rings. The van der Waals surface area contributed by atoms with E-state index >= 15 is 0 Å². The molecule has 3 rings (SSSR count). The summed E-state index contributed by atoms with van der Waals surface area (Å²) in [5.74, 6) is 0.108. The van der Waals surface area contributed by atoms with Gasteiger partial charge in [-0.1, -0.05) is 5.16 Å². The average Bonchev–Trinajstić information content (AvgIpc) is 2.82. The molecule has 3 heterocycles. The Morgan fingerprint density at radius 3 is 3.09 bits per heavy atom. The maximum absolute atomic E-state index is 12.5. The average molecular weight is 318 g/mol. The molecule has 1 amide bonds. The Morgan fingerprint density at radius 1 is 1.48 bits per heavy atom. The zero-order valence-electron chi connectivity index (χ0n) is 12.8. The van der Waals surface area contributed by atoms with Crippen LogP contribution in [0, 0.1) is 12.8 Å². The number of H-pyrrole nitrogens is 1. The lowest BCUT2D eigenvalue weighted by atomic mass is 10.0.